The van der Waals surface area contributed by atoms with Crippen molar-refractivity contribution in [3.8, 4) is 5.69 Å². The molecule has 0 atom stereocenters. The van der Waals surface area contributed by atoms with Crippen LogP contribution < -0.4 is 5.32 Å². The van der Waals surface area contributed by atoms with Gasteiger partial charge in [0.25, 0.3) is 0 Å². The summed E-state index contributed by atoms with van der Waals surface area (Å²) in [6.07, 6.45) is 0. The third-order valence-corrected chi connectivity index (χ3v) is 5.87. The third kappa shape index (κ3) is 5.84. The summed E-state index contributed by atoms with van der Waals surface area (Å²) in [6.45, 7) is 6.77. The molecule has 146 valence electrons. The van der Waals surface area contributed by atoms with Crippen LogP contribution in [0.5, 0.6) is 0 Å². The molecular formula is C20H23N5OS2. The Labute approximate surface area is 173 Å². The van der Waals surface area contributed by atoms with Crippen LogP contribution in [0.15, 0.2) is 52.5 Å². The molecular weight excluding hydrogens is 390 g/mol. The van der Waals surface area contributed by atoms with Gasteiger partial charge in [0.15, 0.2) is 0 Å². The third-order valence-electron chi connectivity index (χ3n) is 3.94. The van der Waals surface area contributed by atoms with Crippen LogP contribution >= 0.6 is 23.5 Å². The van der Waals surface area contributed by atoms with Crippen molar-refractivity contribution in [2.75, 3.05) is 18.1 Å². The molecule has 0 unspecified atom stereocenters. The first-order valence-corrected chi connectivity index (χ1v) is 10.9. The number of nitrogens with one attached hydrogen (secondary N) is 1. The van der Waals surface area contributed by atoms with Crippen LogP contribution in [0.4, 0.5) is 0 Å². The average molecular weight is 414 g/mol. The number of carbonyl (C=O) groups excluding carboxylic acids is 1. The second kappa shape index (κ2) is 9.75. The highest BCUT2D eigenvalue weighted by molar-refractivity contribution is 7.99. The number of nitrogens with zero attached hydrogens (tertiary/aromatic N) is 4. The van der Waals surface area contributed by atoms with Gasteiger partial charge in [-0.25, -0.2) is 0 Å². The van der Waals surface area contributed by atoms with E-state index in [0.717, 1.165) is 22.6 Å². The maximum atomic E-state index is 12.1. The van der Waals surface area contributed by atoms with Gasteiger partial charge in [-0.15, -0.1) is 16.9 Å². The molecule has 0 saturated carbocycles. The van der Waals surface area contributed by atoms with E-state index in [0.29, 0.717) is 11.7 Å². The SMILES string of the molecule is Cc1ccc(SCCNC(=O)CSc2nnnn2-c2cc(C)cc(C)c2)cc1. The molecule has 0 aliphatic carbocycles. The molecule has 0 aliphatic rings. The van der Waals surface area contributed by atoms with E-state index in [1.54, 1.807) is 16.4 Å². The monoisotopic (exact) mass is 413 g/mol. The van der Waals surface area contributed by atoms with Gasteiger partial charge in [-0.05, 0) is 66.6 Å². The Bertz CT molecular complexity index is 920. The number of rotatable bonds is 8. The normalized spacial score (nSPS) is 10.8. The predicted molar refractivity (Wildman–Crippen MR) is 114 cm³/mol. The first kappa shape index (κ1) is 20.4. The summed E-state index contributed by atoms with van der Waals surface area (Å²) in [5, 5.41) is 15.4. The average Bonchev–Trinajstić information content (AvgIpc) is 3.13. The second-order valence-electron chi connectivity index (χ2n) is 6.52. The highest BCUT2D eigenvalue weighted by Crippen LogP contribution is 2.20. The minimum absolute atomic E-state index is 0.0236. The Balaban J connectivity index is 1.46. The van der Waals surface area contributed by atoms with E-state index in [-0.39, 0.29) is 11.7 Å². The highest BCUT2D eigenvalue weighted by atomic mass is 32.2. The van der Waals surface area contributed by atoms with E-state index in [4.69, 9.17) is 0 Å². The van der Waals surface area contributed by atoms with Crippen molar-refractivity contribution in [1.29, 1.82) is 0 Å². The van der Waals surface area contributed by atoms with Gasteiger partial charge in [0.05, 0.1) is 11.4 Å². The molecule has 0 saturated heterocycles. The minimum atomic E-state index is -0.0236. The van der Waals surface area contributed by atoms with Crippen molar-refractivity contribution in [3.63, 3.8) is 0 Å². The predicted octanol–water partition coefficient (Wildman–Crippen LogP) is 3.59. The lowest BCUT2D eigenvalue weighted by atomic mass is 10.1. The van der Waals surface area contributed by atoms with Gasteiger partial charge in [0.2, 0.25) is 11.1 Å². The van der Waals surface area contributed by atoms with Crippen molar-refractivity contribution in [3.05, 3.63) is 59.2 Å². The molecule has 6 nitrogen and oxygen atoms in total. The van der Waals surface area contributed by atoms with Crippen LogP contribution in [0.1, 0.15) is 16.7 Å². The Morgan fingerprint density at radius 3 is 2.43 bits per heavy atom. The molecule has 0 bridgehead atoms. The smallest absolute Gasteiger partial charge is 0.230 e. The first-order chi connectivity index (χ1) is 13.5. The topological polar surface area (TPSA) is 72.7 Å². The molecule has 1 amide bonds. The second-order valence-corrected chi connectivity index (χ2v) is 8.63. The number of aryl methyl sites for hydroxylation is 3. The summed E-state index contributed by atoms with van der Waals surface area (Å²) >= 11 is 3.06. The molecule has 0 aliphatic heterocycles. The molecule has 0 radical (unpaired) electrons. The van der Waals surface area contributed by atoms with Crippen molar-refractivity contribution in [1.82, 2.24) is 25.5 Å². The standard InChI is InChI=1S/C20H23N5OS2/c1-14-4-6-18(7-5-14)27-9-8-21-19(26)13-28-20-22-23-24-25(20)17-11-15(2)10-16(3)12-17/h4-7,10-12H,8-9,13H2,1-3H3,(H,21,26). The Morgan fingerprint density at radius 2 is 1.71 bits per heavy atom. The highest BCUT2D eigenvalue weighted by Gasteiger charge is 2.12. The molecule has 1 N–H and O–H groups in total. The quantitative estimate of drug-likeness (QED) is 0.449. The van der Waals surface area contributed by atoms with E-state index >= 15 is 0 Å². The van der Waals surface area contributed by atoms with E-state index in [1.807, 2.05) is 26.0 Å². The number of carbonyl (C=O) groups is 1. The van der Waals surface area contributed by atoms with Gasteiger partial charge in [0.1, 0.15) is 0 Å². The van der Waals surface area contributed by atoms with Crippen molar-refractivity contribution < 1.29 is 4.79 Å². The lowest BCUT2D eigenvalue weighted by Crippen LogP contribution is -2.27. The zero-order chi connectivity index (χ0) is 19.9. The van der Waals surface area contributed by atoms with E-state index in [2.05, 4.69) is 58.1 Å². The molecule has 0 spiro atoms. The fourth-order valence-corrected chi connectivity index (χ4v) is 4.17. The molecule has 0 fully saturated rings. The van der Waals surface area contributed by atoms with Crippen LogP contribution in [-0.4, -0.2) is 44.2 Å². The van der Waals surface area contributed by atoms with Gasteiger partial charge < -0.3 is 5.32 Å². The van der Waals surface area contributed by atoms with Gasteiger partial charge in [-0.3, -0.25) is 4.79 Å². The summed E-state index contributed by atoms with van der Waals surface area (Å²) < 4.78 is 1.67. The molecule has 3 aromatic rings. The number of hydrogen-bond acceptors (Lipinski definition) is 6. The summed E-state index contributed by atoms with van der Waals surface area (Å²) in [5.41, 5.74) is 4.44. The van der Waals surface area contributed by atoms with Crippen molar-refractivity contribution in [2.45, 2.75) is 30.8 Å². The summed E-state index contributed by atoms with van der Waals surface area (Å²) in [7, 11) is 0. The minimum Gasteiger partial charge on any atom is -0.355 e. The van der Waals surface area contributed by atoms with E-state index in [9.17, 15) is 4.79 Å². The number of hydrogen-bond donors (Lipinski definition) is 1. The summed E-state index contributed by atoms with van der Waals surface area (Å²) in [6, 6.07) is 14.5. The number of aromatic nitrogens is 4. The van der Waals surface area contributed by atoms with Crippen LogP contribution in [0.25, 0.3) is 5.69 Å². The van der Waals surface area contributed by atoms with Gasteiger partial charge >= 0.3 is 0 Å². The maximum absolute atomic E-state index is 12.1. The molecule has 28 heavy (non-hydrogen) atoms. The lowest BCUT2D eigenvalue weighted by Gasteiger charge is -2.07. The fourth-order valence-electron chi connectivity index (χ4n) is 2.68. The van der Waals surface area contributed by atoms with Crippen molar-refractivity contribution >= 4 is 29.4 Å². The molecule has 1 aromatic heterocycles. The zero-order valence-corrected chi connectivity index (χ0v) is 17.8. The molecule has 3 rings (SSSR count). The number of tetrazole rings is 1. The van der Waals surface area contributed by atoms with Gasteiger partial charge in [-0.1, -0.05) is 35.5 Å². The van der Waals surface area contributed by atoms with Gasteiger partial charge in [0, 0.05) is 17.2 Å². The molecule has 2 aromatic carbocycles. The first-order valence-electron chi connectivity index (χ1n) is 8.97. The summed E-state index contributed by atoms with van der Waals surface area (Å²) in [5.74, 6) is 1.09. The molecule has 8 heteroatoms. The Hall–Kier alpha value is -2.32. The Morgan fingerprint density at radius 1 is 1.00 bits per heavy atom. The zero-order valence-electron chi connectivity index (χ0n) is 16.2. The van der Waals surface area contributed by atoms with Crippen LogP contribution in [0.3, 0.4) is 0 Å². The largest absolute Gasteiger partial charge is 0.355 e. The maximum Gasteiger partial charge on any atom is 0.230 e. The van der Waals surface area contributed by atoms with Gasteiger partial charge in [-0.2, -0.15) is 4.68 Å². The number of thioether (sulfide) groups is 2. The number of benzene rings is 2. The van der Waals surface area contributed by atoms with E-state index in [1.165, 1.54) is 22.2 Å². The van der Waals surface area contributed by atoms with E-state index < -0.39 is 0 Å². The Kier molecular flexibility index (Phi) is 7.11. The van der Waals surface area contributed by atoms with Crippen LogP contribution in [0.2, 0.25) is 0 Å². The van der Waals surface area contributed by atoms with Crippen LogP contribution in [-0.2, 0) is 4.79 Å². The fraction of sp³-hybridized carbons (Fsp3) is 0.300. The lowest BCUT2D eigenvalue weighted by molar-refractivity contribution is -0.118. The molecule has 1 heterocycles. The van der Waals surface area contributed by atoms with Crippen molar-refractivity contribution in [2.24, 2.45) is 0 Å². The summed E-state index contributed by atoms with van der Waals surface area (Å²) in [4.78, 5) is 13.3. The number of amides is 1. The van der Waals surface area contributed by atoms with Crippen LogP contribution in [0, 0.1) is 20.8 Å².